The minimum absolute atomic E-state index is 0.257. The van der Waals surface area contributed by atoms with Crippen LogP contribution in [-0.2, 0) is 0 Å². The first-order chi connectivity index (χ1) is 7.77. The minimum atomic E-state index is -1.11. The van der Waals surface area contributed by atoms with E-state index in [2.05, 4.69) is 5.32 Å². The van der Waals surface area contributed by atoms with E-state index in [9.17, 15) is 9.90 Å². The zero-order valence-electron chi connectivity index (χ0n) is 9.24. The molecule has 1 aromatic rings. The van der Waals surface area contributed by atoms with Gasteiger partial charge in [-0.2, -0.15) is 0 Å². The molecule has 0 aromatic heterocycles. The SMILES string of the molecule is O=C([O-])c1ccccc1NC1CCCCC1. The number of para-hydroxylation sites is 1. The first-order valence-electron chi connectivity index (χ1n) is 5.84. The van der Waals surface area contributed by atoms with Crippen LogP contribution in [-0.4, -0.2) is 12.0 Å². The summed E-state index contributed by atoms with van der Waals surface area (Å²) in [6.07, 6.45) is 6.00. The van der Waals surface area contributed by atoms with E-state index < -0.39 is 5.97 Å². The number of aromatic carboxylic acids is 1. The van der Waals surface area contributed by atoms with Crippen molar-refractivity contribution in [3.63, 3.8) is 0 Å². The maximum Gasteiger partial charge on any atom is 0.0736 e. The van der Waals surface area contributed by atoms with Gasteiger partial charge in [0.15, 0.2) is 0 Å². The van der Waals surface area contributed by atoms with Crippen molar-refractivity contribution in [3.05, 3.63) is 29.8 Å². The molecule has 3 heteroatoms. The highest BCUT2D eigenvalue weighted by Crippen LogP contribution is 2.23. The van der Waals surface area contributed by atoms with Gasteiger partial charge in [-0.3, -0.25) is 0 Å². The monoisotopic (exact) mass is 218 g/mol. The van der Waals surface area contributed by atoms with Crippen molar-refractivity contribution in [2.45, 2.75) is 38.1 Å². The van der Waals surface area contributed by atoms with Crippen LogP contribution in [0.2, 0.25) is 0 Å². The molecule has 86 valence electrons. The van der Waals surface area contributed by atoms with Crippen molar-refractivity contribution in [2.24, 2.45) is 0 Å². The van der Waals surface area contributed by atoms with Crippen LogP contribution in [0.3, 0.4) is 0 Å². The molecule has 0 spiro atoms. The molecule has 2 rings (SSSR count). The predicted molar refractivity (Wildman–Crippen MR) is 61.3 cm³/mol. The first-order valence-corrected chi connectivity index (χ1v) is 5.84. The molecular weight excluding hydrogens is 202 g/mol. The molecule has 0 saturated heterocycles. The molecule has 0 atom stereocenters. The number of carboxylic acid groups (broad SMARTS) is 1. The smallest absolute Gasteiger partial charge is 0.0736 e. The van der Waals surface area contributed by atoms with E-state index in [0.717, 1.165) is 12.8 Å². The predicted octanol–water partition coefficient (Wildman–Crippen LogP) is 1.79. The Balaban J connectivity index is 2.10. The Bertz CT molecular complexity index is 370. The van der Waals surface area contributed by atoms with Gasteiger partial charge in [0.1, 0.15) is 0 Å². The molecule has 0 heterocycles. The van der Waals surface area contributed by atoms with Crippen molar-refractivity contribution in [3.8, 4) is 0 Å². The van der Waals surface area contributed by atoms with Gasteiger partial charge >= 0.3 is 0 Å². The Kier molecular flexibility index (Phi) is 3.44. The fraction of sp³-hybridized carbons (Fsp3) is 0.462. The van der Waals surface area contributed by atoms with Gasteiger partial charge in [0.25, 0.3) is 0 Å². The molecule has 0 aliphatic heterocycles. The third-order valence-electron chi connectivity index (χ3n) is 3.11. The Hall–Kier alpha value is -1.51. The highest BCUT2D eigenvalue weighted by Gasteiger charge is 2.14. The van der Waals surface area contributed by atoms with E-state index in [1.165, 1.54) is 19.3 Å². The summed E-state index contributed by atoms with van der Waals surface area (Å²) in [4.78, 5) is 10.9. The van der Waals surface area contributed by atoms with Gasteiger partial charge in [0.05, 0.1) is 5.97 Å². The molecule has 1 aliphatic carbocycles. The summed E-state index contributed by atoms with van der Waals surface area (Å²) >= 11 is 0. The second-order valence-electron chi connectivity index (χ2n) is 4.31. The average Bonchev–Trinajstić information content (AvgIpc) is 2.31. The zero-order chi connectivity index (χ0) is 11.4. The van der Waals surface area contributed by atoms with Crippen LogP contribution < -0.4 is 10.4 Å². The van der Waals surface area contributed by atoms with E-state index in [1.54, 1.807) is 18.2 Å². The first kappa shape index (κ1) is 11.0. The number of carbonyl (C=O) groups is 1. The fourth-order valence-electron chi connectivity index (χ4n) is 2.25. The summed E-state index contributed by atoms with van der Waals surface area (Å²) in [6.45, 7) is 0. The number of hydrogen-bond donors (Lipinski definition) is 1. The summed E-state index contributed by atoms with van der Waals surface area (Å²) in [7, 11) is 0. The highest BCUT2D eigenvalue weighted by molar-refractivity contribution is 5.92. The van der Waals surface area contributed by atoms with Crippen LogP contribution in [0.15, 0.2) is 24.3 Å². The second kappa shape index (κ2) is 5.01. The van der Waals surface area contributed by atoms with Gasteiger partial charge < -0.3 is 15.2 Å². The molecule has 1 aliphatic rings. The van der Waals surface area contributed by atoms with E-state index >= 15 is 0 Å². The minimum Gasteiger partial charge on any atom is -0.545 e. The molecule has 3 nitrogen and oxygen atoms in total. The maximum atomic E-state index is 10.9. The zero-order valence-corrected chi connectivity index (χ0v) is 9.24. The molecule has 0 bridgehead atoms. The molecule has 0 amide bonds. The number of carboxylic acids is 1. The summed E-state index contributed by atoms with van der Waals surface area (Å²) in [5.41, 5.74) is 0.947. The van der Waals surface area contributed by atoms with Gasteiger partial charge in [-0.05, 0) is 18.9 Å². The normalized spacial score (nSPS) is 17.0. The van der Waals surface area contributed by atoms with Crippen LogP contribution in [0.1, 0.15) is 42.5 Å². The summed E-state index contributed by atoms with van der Waals surface area (Å²) in [5.74, 6) is -1.11. The summed E-state index contributed by atoms with van der Waals surface area (Å²) in [6, 6.07) is 7.36. The van der Waals surface area contributed by atoms with Gasteiger partial charge in [-0.1, -0.05) is 37.5 Å². The lowest BCUT2D eigenvalue weighted by molar-refractivity contribution is -0.254. The summed E-state index contributed by atoms with van der Waals surface area (Å²) < 4.78 is 0. The lowest BCUT2D eigenvalue weighted by atomic mass is 9.95. The number of nitrogens with one attached hydrogen (secondary N) is 1. The van der Waals surface area contributed by atoms with Crippen LogP contribution in [0.25, 0.3) is 0 Å². The molecule has 1 saturated carbocycles. The number of hydrogen-bond acceptors (Lipinski definition) is 3. The Morgan fingerprint density at radius 2 is 1.88 bits per heavy atom. The van der Waals surface area contributed by atoms with Crippen molar-refractivity contribution < 1.29 is 9.90 Å². The van der Waals surface area contributed by atoms with E-state index in [0.29, 0.717) is 11.7 Å². The number of rotatable bonds is 3. The average molecular weight is 218 g/mol. The molecule has 0 radical (unpaired) electrons. The topological polar surface area (TPSA) is 52.2 Å². The Labute approximate surface area is 95.5 Å². The van der Waals surface area contributed by atoms with Crippen LogP contribution in [0.5, 0.6) is 0 Å². The van der Waals surface area contributed by atoms with Gasteiger partial charge in [-0.15, -0.1) is 0 Å². The van der Waals surface area contributed by atoms with Crippen molar-refractivity contribution in [1.29, 1.82) is 0 Å². The number of benzene rings is 1. The molecule has 0 unspecified atom stereocenters. The van der Waals surface area contributed by atoms with Gasteiger partial charge in [0, 0.05) is 17.3 Å². The summed E-state index contributed by atoms with van der Waals surface area (Å²) in [5, 5.41) is 14.2. The number of carbonyl (C=O) groups excluding carboxylic acids is 1. The Morgan fingerprint density at radius 1 is 1.19 bits per heavy atom. The Morgan fingerprint density at radius 3 is 2.56 bits per heavy atom. The molecule has 1 N–H and O–H groups in total. The quantitative estimate of drug-likeness (QED) is 0.841. The van der Waals surface area contributed by atoms with E-state index in [1.807, 2.05) is 6.07 Å². The van der Waals surface area contributed by atoms with Crippen molar-refractivity contribution in [2.75, 3.05) is 5.32 Å². The number of anilines is 1. The van der Waals surface area contributed by atoms with Gasteiger partial charge in [0.2, 0.25) is 0 Å². The fourth-order valence-corrected chi connectivity index (χ4v) is 2.25. The third-order valence-corrected chi connectivity index (χ3v) is 3.11. The maximum absolute atomic E-state index is 10.9. The van der Waals surface area contributed by atoms with E-state index in [-0.39, 0.29) is 5.56 Å². The second-order valence-corrected chi connectivity index (χ2v) is 4.31. The van der Waals surface area contributed by atoms with Crippen LogP contribution in [0, 0.1) is 0 Å². The molecule has 1 aromatic carbocycles. The third kappa shape index (κ3) is 2.54. The highest BCUT2D eigenvalue weighted by atomic mass is 16.4. The molecular formula is C13H16NO2-. The lowest BCUT2D eigenvalue weighted by Crippen LogP contribution is -2.27. The standard InChI is InChI=1S/C13H17NO2/c15-13(16)11-8-4-5-9-12(11)14-10-6-2-1-3-7-10/h4-5,8-10,14H,1-3,6-7H2,(H,15,16)/p-1. The lowest BCUT2D eigenvalue weighted by Gasteiger charge is -2.25. The van der Waals surface area contributed by atoms with Crippen molar-refractivity contribution >= 4 is 11.7 Å². The van der Waals surface area contributed by atoms with E-state index in [4.69, 9.17) is 0 Å². The van der Waals surface area contributed by atoms with Gasteiger partial charge in [-0.25, -0.2) is 0 Å². The van der Waals surface area contributed by atoms with Crippen LogP contribution >= 0.6 is 0 Å². The molecule has 1 fully saturated rings. The molecule has 16 heavy (non-hydrogen) atoms. The van der Waals surface area contributed by atoms with Crippen molar-refractivity contribution in [1.82, 2.24) is 0 Å². The largest absolute Gasteiger partial charge is 0.545 e. The van der Waals surface area contributed by atoms with Crippen LogP contribution in [0.4, 0.5) is 5.69 Å².